The first-order valence-electron chi connectivity index (χ1n) is 9.30. The predicted octanol–water partition coefficient (Wildman–Crippen LogP) is 2.51. The molecule has 0 spiro atoms. The van der Waals surface area contributed by atoms with Gasteiger partial charge in [-0.25, -0.2) is 0 Å². The molecule has 3 amide bonds. The zero-order valence-electron chi connectivity index (χ0n) is 16.2. The fourth-order valence-electron chi connectivity index (χ4n) is 3.70. The Hall–Kier alpha value is -3.55. The van der Waals surface area contributed by atoms with E-state index < -0.39 is 6.04 Å². The molecule has 0 bridgehead atoms. The van der Waals surface area contributed by atoms with Crippen molar-refractivity contribution in [3.63, 3.8) is 0 Å². The monoisotopic (exact) mass is 395 g/mol. The third kappa shape index (κ3) is 3.49. The van der Waals surface area contributed by atoms with Crippen LogP contribution in [-0.4, -0.2) is 49.4 Å². The number of amides is 3. The molecule has 2 aliphatic heterocycles. The number of ether oxygens (including phenoxy) is 2. The number of carbonyl (C=O) groups excluding carboxylic acids is 3. The second-order valence-electron chi connectivity index (χ2n) is 6.96. The minimum Gasteiger partial charge on any atom is -0.497 e. The van der Waals surface area contributed by atoms with Gasteiger partial charge < -0.3 is 25.0 Å². The first-order chi connectivity index (χ1) is 14.0. The maximum absolute atomic E-state index is 12.9. The molecule has 150 valence electrons. The molecule has 0 radical (unpaired) electrons. The summed E-state index contributed by atoms with van der Waals surface area (Å²) in [6.45, 7) is 0.552. The standard InChI is InChI=1S/C21H21N3O5/c1-28-14-8-12(9-15(11-14)29-2)19(25)22-13-5-6-17-16(10-13)21(27)24-7-3-4-18(24)20(26)23-17/h5-6,8-11,18H,3-4,7H2,1-2H3,(H,22,25)(H,23,26)/t18-/m1/s1. The van der Waals surface area contributed by atoms with Gasteiger partial charge >= 0.3 is 0 Å². The molecule has 2 aromatic rings. The summed E-state index contributed by atoms with van der Waals surface area (Å²) >= 11 is 0. The van der Waals surface area contributed by atoms with Crippen molar-refractivity contribution in [1.29, 1.82) is 0 Å². The lowest BCUT2D eigenvalue weighted by Crippen LogP contribution is -2.40. The second-order valence-corrected chi connectivity index (χ2v) is 6.96. The van der Waals surface area contributed by atoms with E-state index in [1.165, 1.54) is 14.2 Å². The lowest BCUT2D eigenvalue weighted by atomic mass is 10.1. The molecule has 1 fully saturated rings. The van der Waals surface area contributed by atoms with Gasteiger partial charge in [-0.15, -0.1) is 0 Å². The number of fused-ring (bicyclic) bond motifs is 2. The van der Waals surface area contributed by atoms with Crippen LogP contribution in [0.15, 0.2) is 36.4 Å². The first-order valence-corrected chi connectivity index (χ1v) is 9.30. The van der Waals surface area contributed by atoms with E-state index in [1.807, 2.05) is 0 Å². The summed E-state index contributed by atoms with van der Waals surface area (Å²) < 4.78 is 10.4. The van der Waals surface area contributed by atoms with Crippen molar-refractivity contribution in [3.8, 4) is 11.5 Å². The quantitative estimate of drug-likeness (QED) is 0.829. The van der Waals surface area contributed by atoms with Crippen LogP contribution in [0.1, 0.15) is 33.6 Å². The van der Waals surface area contributed by atoms with Gasteiger partial charge in [0.25, 0.3) is 11.8 Å². The van der Waals surface area contributed by atoms with Crippen LogP contribution in [0.25, 0.3) is 0 Å². The summed E-state index contributed by atoms with van der Waals surface area (Å²) in [4.78, 5) is 39.6. The number of anilines is 2. The van der Waals surface area contributed by atoms with E-state index in [0.29, 0.717) is 47.0 Å². The van der Waals surface area contributed by atoms with E-state index in [2.05, 4.69) is 10.6 Å². The molecule has 2 aliphatic rings. The van der Waals surface area contributed by atoms with Crippen LogP contribution >= 0.6 is 0 Å². The van der Waals surface area contributed by atoms with Crippen LogP contribution in [-0.2, 0) is 4.79 Å². The normalized spacial score (nSPS) is 17.7. The largest absolute Gasteiger partial charge is 0.497 e. The highest BCUT2D eigenvalue weighted by Crippen LogP contribution is 2.31. The van der Waals surface area contributed by atoms with Crippen molar-refractivity contribution in [1.82, 2.24) is 4.90 Å². The fraction of sp³-hybridized carbons (Fsp3) is 0.286. The van der Waals surface area contributed by atoms with E-state index in [1.54, 1.807) is 41.3 Å². The van der Waals surface area contributed by atoms with Crippen molar-refractivity contribution in [2.45, 2.75) is 18.9 Å². The topological polar surface area (TPSA) is 97.0 Å². The van der Waals surface area contributed by atoms with Crippen LogP contribution in [0.4, 0.5) is 11.4 Å². The van der Waals surface area contributed by atoms with Crippen LogP contribution < -0.4 is 20.1 Å². The van der Waals surface area contributed by atoms with Gasteiger partial charge in [-0.3, -0.25) is 14.4 Å². The molecule has 0 saturated carbocycles. The lowest BCUT2D eigenvalue weighted by molar-refractivity contribution is -0.119. The van der Waals surface area contributed by atoms with Crippen LogP contribution in [0.3, 0.4) is 0 Å². The molecule has 29 heavy (non-hydrogen) atoms. The van der Waals surface area contributed by atoms with Crippen molar-refractivity contribution in [3.05, 3.63) is 47.5 Å². The molecule has 8 heteroatoms. The Labute approximate surface area is 167 Å². The highest BCUT2D eigenvalue weighted by Gasteiger charge is 2.38. The van der Waals surface area contributed by atoms with E-state index in [4.69, 9.17) is 9.47 Å². The van der Waals surface area contributed by atoms with E-state index in [0.717, 1.165) is 6.42 Å². The van der Waals surface area contributed by atoms with Crippen LogP contribution in [0.5, 0.6) is 11.5 Å². The summed E-state index contributed by atoms with van der Waals surface area (Å²) in [7, 11) is 3.02. The van der Waals surface area contributed by atoms with Gasteiger partial charge in [0.1, 0.15) is 17.5 Å². The SMILES string of the molecule is COc1cc(OC)cc(C(=O)Nc2ccc3c(c2)C(=O)N2CCC[C@@H]2C(=O)N3)c1. The number of nitrogens with zero attached hydrogens (tertiary/aromatic N) is 1. The molecule has 1 saturated heterocycles. The number of nitrogens with one attached hydrogen (secondary N) is 2. The molecule has 4 rings (SSSR count). The molecule has 8 nitrogen and oxygen atoms in total. The smallest absolute Gasteiger partial charge is 0.256 e. The summed E-state index contributed by atoms with van der Waals surface area (Å²) in [5.74, 6) is 0.241. The summed E-state index contributed by atoms with van der Waals surface area (Å²) in [6.07, 6.45) is 1.46. The molecule has 0 aliphatic carbocycles. The number of benzene rings is 2. The predicted molar refractivity (Wildman–Crippen MR) is 107 cm³/mol. The lowest BCUT2D eigenvalue weighted by Gasteiger charge is -2.20. The van der Waals surface area contributed by atoms with Crippen molar-refractivity contribution >= 4 is 29.1 Å². The van der Waals surface area contributed by atoms with Crippen LogP contribution in [0, 0.1) is 0 Å². The molecule has 2 aromatic carbocycles. The van der Waals surface area contributed by atoms with Gasteiger partial charge in [-0.05, 0) is 43.2 Å². The van der Waals surface area contributed by atoms with Gasteiger partial charge in [-0.2, -0.15) is 0 Å². The molecule has 0 unspecified atom stereocenters. The maximum Gasteiger partial charge on any atom is 0.256 e. The Balaban J connectivity index is 1.62. The average molecular weight is 395 g/mol. The average Bonchev–Trinajstić information content (AvgIpc) is 3.20. The number of hydrogen-bond donors (Lipinski definition) is 2. The molecule has 0 aromatic heterocycles. The highest BCUT2D eigenvalue weighted by atomic mass is 16.5. The Bertz CT molecular complexity index is 982. The molecular formula is C21H21N3O5. The Kier molecular flexibility index (Phi) is 4.84. The van der Waals surface area contributed by atoms with Gasteiger partial charge in [0.2, 0.25) is 5.91 Å². The van der Waals surface area contributed by atoms with Gasteiger partial charge in [0, 0.05) is 23.9 Å². The van der Waals surface area contributed by atoms with Gasteiger partial charge in [0.15, 0.2) is 0 Å². The minimum absolute atomic E-state index is 0.171. The third-order valence-corrected chi connectivity index (χ3v) is 5.20. The summed E-state index contributed by atoms with van der Waals surface area (Å²) in [5.41, 5.74) is 1.63. The Morgan fingerprint density at radius 2 is 1.83 bits per heavy atom. The zero-order chi connectivity index (χ0) is 20.5. The van der Waals surface area contributed by atoms with E-state index in [9.17, 15) is 14.4 Å². The Morgan fingerprint density at radius 1 is 1.10 bits per heavy atom. The zero-order valence-corrected chi connectivity index (χ0v) is 16.2. The van der Waals surface area contributed by atoms with Crippen LogP contribution in [0.2, 0.25) is 0 Å². The van der Waals surface area contributed by atoms with Gasteiger partial charge in [0.05, 0.1) is 25.5 Å². The number of hydrogen-bond acceptors (Lipinski definition) is 5. The minimum atomic E-state index is -0.433. The molecule has 1 atom stereocenters. The van der Waals surface area contributed by atoms with Crippen molar-refractivity contribution in [2.75, 3.05) is 31.4 Å². The number of carbonyl (C=O) groups is 3. The van der Waals surface area contributed by atoms with Gasteiger partial charge in [-0.1, -0.05) is 0 Å². The summed E-state index contributed by atoms with van der Waals surface area (Å²) in [6, 6.07) is 9.31. The maximum atomic E-state index is 12.9. The van der Waals surface area contributed by atoms with E-state index in [-0.39, 0.29) is 17.7 Å². The third-order valence-electron chi connectivity index (χ3n) is 5.20. The Morgan fingerprint density at radius 3 is 2.52 bits per heavy atom. The highest BCUT2D eigenvalue weighted by molar-refractivity contribution is 6.11. The molecule has 2 N–H and O–H groups in total. The van der Waals surface area contributed by atoms with Crippen molar-refractivity contribution in [2.24, 2.45) is 0 Å². The molecular weight excluding hydrogens is 374 g/mol. The van der Waals surface area contributed by atoms with Crippen molar-refractivity contribution < 1.29 is 23.9 Å². The fourth-order valence-corrected chi connectivity index (χ4v) is 3.70. The summed E-state index contributed by atoms with van der Waals surface area (Å²) in [5, 5.41) is 5.61. The second kappa shape index (κ2) is 7.46. The number of rotatable bonds is 4. The number of methoxy groups -OCH3 is 2. The first kappa shape index (κ1) is 18.8. The molecule has 2 heterocycles. The van der Waals surface area contributed by atoms with E-state index >= 15 is 0 Å².